The Kier molecular flexibility index (Phi) is 5.02. The number of morpholine rings is 1. The van der Waals surface area contributed by atoms with Gasteiger partial charge in [0, 0.05) is 36.6 Å². The van der Waals surface area contributed by atoms with Gasteiger partial charge in [-0.15, -0.1) is 0 Å². The predicted octanol–water partition coefficient (Wildman–Crippen LogP) is 1.89. The molecule has 0 saturated carbocycles. The summed E-state index contributed by atoms with van der Waals surface area (Å²) in [5, 5.41) is 4.06. The molecule has 3 heterocycles. The first kappa shape index (κ1) is 17.5. The van der Waals surface area contributed by atoms with Crippen molar-refractivity contribution in [1.82, 2.24) is 19.9 Å². The normalized spacial score (nSPS) is 14.5. The molecule has 0 spiro atoms. The molecule has 1 fully saturated rings. The highest BCUT2D eigenvalue weighted by Crippen LogP contribution is 2.15. The van der Waals surface area contributed by atoms with Crippen LogP contribution in [0.1, 0.15) is 11.5 Å². The molecule has 1 N–H and O–H groups in total. The standard InChI is InChI=1S/C20H23N5O2/c1-15-12-19(24-8-10-27-11-9-24)23-18(22-15)13-21-20(26)14-25-7-6-16-4-2-3-5-17(16)25/h2-7,12H,8-11,13-14H2,1H3,(H,21,26). The van der Waals surface area contributed by atoms with E-state index in [1.807, 2.05) is 54.1 Å². The third kappa shape index (κ3) is 4.09. The Balaban J connectivity index is 1.40. The van der Waals surface area contributed by atoms with Gasteiger partial charge in [-0.25, -0.2) is 9.97 Å². The maximum absolute atomic E-state index is 12.4. The van der Waals surface area contributed by atoms with E-state index in [4.69, 9.17) is 4.74 Å². The Morgan fingerprint density at radius 3 is 2.85 bits per heavy atom. The fourth-order valence-corrected chi connectivity index (χ4v) is 3.31. The molecule has 1 aliphatic heterocycles. The van der Waals surface area contributed by atoms with Gasteiger partial charge in [0.05, 0.1) is 19.8 Å². The molecule has 7 nitrogen and oxygen atoms in total. The highest BCUT2D eigenvalue weighted by molar-refractivity contribution is 5.83. The van der Waals surface area contributed by atoms with E-state index in [9.17, 15) is 4.79 Å². The van der Waals surface area contributed by atoms with Crippen LogP contribution in [0, 0.1) is 6.92 Å². The molecule has 27 heavy (non-hydrogen) atoms. The molecule has 1 saturated heterocycles. The number of hydrogen-bond donors (Lipinski definition) is 1. The minimum Gasteiger partial charge on any atom is -0.378 e. The number of fused-ring (bicyclic) bond motifs is 1. The summed E-state index contributed by atoms with van der Waals surface area (Å²) in [6.45, 7) is 5.60. The van der Waals surface area contributed by atoms with E-state index in [0.717, 1.165) is 35.5 Å². The molecule has 1 amide bonds. The van der Waals surface area contributed by atoms with Crippen LogP contribution in [0.4, 0.5) is 5.82 Å². The second-order valence-electron chi connectivity index (χ2n) is 6.66. The number of aryl methyl sites for hydroxylation is 1. The first-order valence-electron chi connectivity index (χ1n) is 9.17. The molecule has 0 aliphatic carbocycles. The van der Waals surface area contributed by atoms with Crippen molar-refractivity contribution in [1.29, 1.82) is 0 Å². The van der Waals surface area contributed by atoms with Crippen LogP contribution in [-0.4, -0.2) is 46.7 Å². The zero-order chi connectivity index (χ0) is 18.6. The van der Waals surface area contributed by atoms with Gasteiger partial charge >= 0.3 is 0 Å². The van der Waals surface area contributed by atoms with Gasteiger partial charge in [0.15, 0.2) is 0 Å². The molecule has 4 rings (SSSR count). The van der Waals surface area contributed by atoms with Crippen LogP contribution >= 0.6 is 0 Å². The van der Waals surface area contributed by atoms with Gasteiger partial charge in [0.1, 0.15) is 18.2 Å². The van der Waals surface area contributed by atoms with Gasteiger partial charge in [-0.05, 0) is 24.4 Å². The van der Waals surface area contributed by atoms with Gasteiger partial charge < -0.3 is 19.5 Å². The molecule has 7 heteroatoms. The van der Waals surface area contributed by atoms with Crippen molar-refractivity contribution >= 4 is 22.6 Å². The number of hydrogen-bond acceptors (Lipinski definition) is 5. The average molecular weight is 365 g/mol. The summed E-state index contributed by atoms with van der Waals surface area (Å²) < 4.78 is 7.34. The highest BCUT2D eigenvalue weighted by atomic mass is 16.5. The van der Waals surface area contributed by atoms with E-state index in [1.54, 1.807) is 0 Å². The van der Waals surface area contributed by atoms with Crippen molar-refractivity contribution in [3.63, 3.8) is 0 Å². The van der Waals surface area contributed by atoms with Crippen LogP contribution in [-0.2, 0) is 22.6 Å². The Hall–Kier alpha value is -2.93. The summed E-state index contributed by atoms with van der Waals surface area (Å²) in [6, 6.07) is 12.0. The van der Waals surface area contributed by atoms with Crippen LogP contribution in [0.25, 0.3) is 10.9 Å². The van der Waals surface area contributed by atoms with Gasteiger partial charge in [0.2, 0.25) is 5.91 Å². The summed E-state index contributed by atoms with van der Waals surface area (Å²) in [5.41, 5.74) is 1.95. The van der Waals surface area contributed by atoms with E-state index in [1.165, 1.54) is 0 Å². The van der Waals surface area contributed by atoms with Crippen LogP contribution in [0.15, 0.2) is 42.6 Å². The lowest BCUT2D eigenvalue weighted by molar-refractivity contribution is -0.121. The highest BCUT2D eigenvalue weighted by Gasteiger charge is 2.14. The first-order valence-corrected chi connectivity index (χ1v) is 9.17. The second-order valence-corrected chi connectivity index (χ2v) is 6.66. The lowest BCUT2D eigenvalue weighted by Gasteiger charge is -2.28. The predicted molar refractivity (Wildman–Crippen MR) is 104 cm³/mol. The number of rotatable bonds is 5. The smallest absolute Gasteiger partial charge is 0.240 e. The van der Waals surface area contributed by atoms with Crippen LogP contribution in [0.2, 0.25) is 0 Å². The topological polar surface area (TPSA) is 72.3 Å². The number of ether oxygens (including phenoxy) is 1. The molecular formula is C20H23N5O2. The lowest BCUT2D eigenvalue weighted by Crippen LogP contribution is -2.37. The molecule has 0 radical (unpaired) electrons. The fourth-order valence-electron chi connectivity index (χ4n) is 3.31. The number of para-hydroxylation sites is 1. The van der Waals surface area contributed by atoms with E-state index < -0.39 is 0 Å². The summed E-state index contributed by atoms with van der Waals surface area (Å²) in [6.07, 6.45) is 1.93. The van der Waals surface area contributed by atoms with Gasteiger partial charge in [0.25, 0.3) is 0 Å². The second kappa shape index (κ2) is 7.75. The van der Waals surface area contributed by atoms with Gasteiger partial charge in [-0.3, -0.25) is 4.79 Å². The van der Waals surface area contributed by atoms with Crippen molar-refractivity contribution in [2.45, 2.75) is 20.0 Å². The molecular weight excluding hydrogens is 342 g/mol. The van der Waals surface area contributed by atoms with Crippen molar-refractivity contribution in [3.8, 4) is 0 Å². The Morgan fingerprint density at radius 1 is 1.19 bits per heavy atom. The lowest BCUT2D eigenvalue weighted by atomic mass is 10.2. The van der Waals surface area contributed by atoms with Gasteiger partial charge in [-0.1, -0.05) is 18.2 Å². The number of benzene rings is 1. The molecule has 0 atom stereocenters. The van der Waals surface area contributed by atoms with E-state index in [0.29, 0.717) is 25.6 Å². The van der Waals surface area contributed by atoms with E-state index in [-0.39, 0.29) is 12.5 Å². The number of carbonyl (C=O) groups excluding carboxylic acids is 1. The Bertz CT molecular complexity index is 946. The fraction of sp³-hybridized carbons (Fsp3) is 0.350. The van der Waals surface area contributed by atoms with Crippen molar-refractivity contribution in [2.24, 2.45) is 0 Å². The molecule has 3 aromatic rings. The number of aromatic nitrogens is 3. The number of anilines is 1. The third-order valence-electron chi connectivity index (χ3n) is 4.66. The zero-order valence-corrected chi connectivity index (χ0v) is 15.4. The molecule has 1 aromatic carbocycles. The molecule has 0 unspecified atom stereocenters. The van der Waals surface area contributed by atoms with E-state index >= 15 is 0 Å². The molecule has 2 aromatic heterocycles. The van der Waals surface area contributed by atoms with Gasteiger partial charge in [-0.2, -0.15) is 0 Å². The van der Waals surface area contributed by atoms with Crippen LogP contribution < -0.4 is 10.2 Å². The number of nitrogens with zero attached hydrogens (tertiary/aromatic N) is 4. The first-order chi connectivity index (χ1) is 13.2. The summed E-state index contributed by atoms with van der Waals surface area (Å²) in [7, 11) is 0. The molecule has 140 valence electrons. The largest absolute Gasteiger partial charge is 0.378 e. The maximum atomic E-state index is 12.4. The Morgan fingerprint density at radius 2 is 2.00 bits per heavy atom. The number of nitrogens with one attached hydrogen (secondary N) is 1. The number of amides is 1. The number of carbonyl (C=O) groups is 1. The average Bonchev–Trinajstić information content (AvgIpc) is 3.10. The minimum atomic E-state index is -0.0608. The van der Waals surface area contributed by atoms with Crippen molar-refractivity contribution in [2.75, 3.05) is 31.2 Å². The van der Waals surface area contributed by atoms with E-state index in [2.05, 4.69) is 20.2 Å². The SMILES string of the molecule is Cc1cc(N2CCOCC2)nc(CNC(=O)Cn2ccc3ccccc32)n1. The monoisotopic (exact) mass is 365 g/mol. The zero-order valence-electron chi connectivity index (χ0n) is 15.4. The van der Waals surface area contributed by atoms with Crippen LogP contribution in [0.3, 0.4) is 0 Å². The van der Waals surface area contributed by atoms with Crippen LogP contribution in [0.5, 0.6) is 0 Å². The summed E-state index contributed by atoms with van der Waals surface area (Å²) in [4.78, 5) is 23.6. The van der Waals surface area contributed by atoms with Crippen molar-refractivity contribution < 1.29 is 9.53 Å². The molecule has 0 bridgehead atoms. The summed E-state index contributed by atoms with van der Waals surface area (Å²) >= 11 is 0. The maximum Gasteiger partial charge on any atom is 0.240 e. The quantitative estimate of drug-likeness (QED) is 0.748. The minimum absolute atomic E-state index is 0.0608. The van der Waals surface area contributed by atoms with Crippen molar-refractivity contribution in [3.05, 3.63) is 54.1 Å². The molecule has 1 aliphatic rings. The Labute approximate surface area is 158 Å². The third-order valence-corrected chi connectivity index (χ3v) is 4.66. The summed E-state index contributed by atoms with van der Waals surface area (Å²) in [5.74, 6) is 1.46.